The van der Waals surface area contributed by atoms with Crippen molar-refractivity contribution in [2.75, 3.05) is 19.8 Å². The van der Waals surface area contributed by atoms with E-state index >= 15 is 0 Å². The van der Waals surface area contributed by atoms with E-state index in [2.05, 4.69) is 55.6 Å². The molecule has 1 aliphatic rings. The van der Waals surface area contributed by atoms with Crippen molar-refractivity contribution in [1.29, 1.82) is 0 Å². The number of amides is 1. The van der Waals surface area contributed by atoms with Crippen molar-refractivity contribution in [2.24, 2.45) is 0 Å². The van der Waals surface area contributed by atoms with E-state index in [0.717, 1.165) is 77.0 Å². The van der Waals surface area contributed by atoms with Crippen LogP contribution in [0.3, 0.4) is 0 Å². The number of carbonyl (C=O) groups excluding carboxylic acids is 2. The first-order valence-electron chi connectivity index (χ1n) is 30.4. The molecule has 1 rings (SSSR count). The highest BCUT2D eigenvalue weighted by Gasteiger charge is 2.44. The topological polar surface area (TPSA) is 175 Å². The fourth-order valence-electron chi connectivity index (χ4n) is 9.35. The normalized spacial score (nSPS) is 19.2. The Hall–Kier alpha value is -2.38. The van der Waals surface area contributed by atoms with E-state index in [1.807, 2.05) is 6.08 Å². The van der Waals surface area contributed by atoms with Gasteiger partial charge in [0.1, 0.15) is 24.4 Å². The first-order valence-corrected chi connectivity index (χ1v) is 30.4. The number of hydrogen-bond acceptors (Lipinski definition) is 10. The van der Waals surface area contributed by atoms with Gasteiger partial charge in [0.25, 0.3) is 0 Å². The first-order chi connectivity index (χ1) is 35.7. The van der Waals surface area contributed by atoms with E-state index in [4.69, 9.17) is 14.2 Å². The lowest BCUT2D eigenvalue weighted by atomic mass is 9.99. The average Bonchev–Trinajstić information content (AvgIpc) is 3.39. The van der Waals surface area contributed by atoms with Crippen LogP contribution in [0.5, 0.6) is 0 Å². The van der Waals surface area contributed by atoms with E-state index in [0.29, 0.717) is 19.4 Å². The van der Waals surface area contributed by atoms with Crippen LogP contribution in [0.25, 0.3) is 0 Å². The summed E-state index contributed by atoms with van der Waals surface area (Å²) in [6.45, 7) is 4.20. The molecule has 0 aliphatic carbocycles. The van der Waals surface area contributed by atoms with Crippen LogP contribution in [0.15, 0.2) is 48.6 Å². The second-order valence-corrected chi connectivity index (χ2v) is 21.0. The summed E-state index contributed by atoms with van der Waals surface area (Å²) in [5, 5.41) is 54.4. The Morgan fingerprint density at radius 3 is 1.44 bits per heavy atom. The maximum atomic E-state index is 13.0. The molecule has 0 aromatic heterocycles. The quantitative estimate of drug-likeness (QED) is 0.0195. The number of rotatable bonds is 52. The van der Waals surface area contributed by atoms with Crippen LogP contribution < -0.4 is 5.32 Å². The van der Waals surface area contributed by atoms with E-state index in [1.54, 1.807) is 6.08 Å². The number of aliphatic hydroxyl groups is 5. The number of nitrogens with one attached hydrogen (secondary N) is 1. The summed E-state index contributed by atoms with van der Waals surface area (Å²) in [5.41, 5.74) is 0. The molecule has 0 radical (unpaired) electrons. The molecule has 0 saturated carbocycles. The number of hydrogen-bond donors (Lipinski definition) is 6. The number of allylic oxidation sites excluding steroid dienone is 6. The van der Waals surface area contributed by atoms with Crippen LogP contribution in [-0.2, 0) is 23.8 Å². The molecule has 7 atom stereocenters. The number of ether oxygens (including phenoxy) is 3. The zero-order valence-corrected chi connectivity index (χ0v) is 46.8. The molecule has 1 aliphatic heterocycles. The van der Waals surface area contributed by atoms with Crippen LogP contribution in [0.4, 0.5) is 0 Å². The molecular weight excluding hydrogens is 919 g/mol. The largest absolute Gasteiger partial charge is 0.465 e. The summed E-state index contributed by atoms with van der Waals surface area (Å²) >= 11 is 0. The van der Waals surface area contributed by atoms with Crippen molar-refractivity contribution in [1.82, 2.24) is 5.32 Å². The van der Waals surface area contributed by atoms with Gasteiger partial charge in [-0.3, -0.25) is 9.59 Å². The third kappa shape index (κ3) is 41.5. The molecule has 0 bridgehead atoms. The van der Waals surface area contributed by atoms with Gasteiger partial charge in [-0.2, -0.15) is 0 Å². The molecule has 1 heterocycles. The predicted molar refractivity (Wildman–Crippen MR) is 301 cm³/mol. The predicted octanol–water partition coefficient (Wildman–Crippen LogP) is 14.1. The molecule has 1 fully saturated rings. The molecule has 7 unspecified atom stereocenters. The molecule has 0 aromatic carbocycles. The first kappa shape index (κ1) is 68.6. The monoisotopic (exact) mass is 1030 g/mol. The van der Waals surface area contributed by atoms with Gasteiger partial charge < -0.3 is 45.1 Å². The van der Waals surface area contributed by atoms with Crippen molar-refractivity contribution in [3.8, 4) is 0 Å². The molecule has 6 N–H and O–H groups in total. The van der Waals surface area contributed by atoms with Gasteiger partial charge in [-0.1, -0.05) is 242 Å². The highest BCUT2D eigenvalue weighted by Crippen LogP contribution is 2.23. The minimum Gasteiger partial charge on any atom is -0.465 e. The summed E-state index contributed by atoms with van der Waals surface area (Å²) in [6.07, 6.45) is 55.0. The average molecular weight is 1030 g/mol. The molecule has 11 heteroatoms. The number of aliphatic hydroxyl groups excluding tert-OH is 5. The summed E-state index contributed by atoms with van der Waals surface area (Å²) in [6, 6.07) is -0.832. The lowest BCUT2D eigenvalue weighted by Gasteiger charge is -2.40. The highest BCUT2D eigenvalue weighted by atomic mass is 16.7. The second-order valence-electron chi connectivity index (χ2n) is 21.0. The van der Waals surface area contributed by atoms with Gasteiger partial charge in [-0.05, 0) is 64.2 Å². The third-order valence-electron chi connectivity index (χ3n) is 14.2. The molecular formula is C62H113NO10. The fourth-order valence-corrected chi connectivity index (χ4v) is 9.35. The lowest BCUT2D eigenvalue weighted by molar-refractivity contribution is -0.302. The standard InChI is InChI=1S/C62H113NO10/c1-3-5-7-9-11-13-15-25-29-32-36-40-44-48-55(65)54(53-72-62-61(70)60(69)59(68)56(52-64)73-62)63-57(66)49-45-41-37-33-30-26-23-21-19-17-16-18-20-22-24-27-31-35-39-43-47-51-71-58(67)50-46-42-38-34-28-14-12-10-8-6-4-2/h27,29,31-32,39,43-44,48,54-56,59-62,64-65,68-70H,3-26,28,30,33-38,40-42,45-47,49-53H2,1-2H3,(H,63,66)/b31-27-,32-29+,43-39-,48-44+. The number of esters is 1. The smallest absolute Gasteiger partial charge is 0.305 e. The Labute approximate surface area is 446 Å². The van der Waals surface area contributed by atoms with Gasteiger partial charge in [0, 0.05) is 12.8 Å². The molecule has 426 valence electrons. The maximum Gasteiger partial charge on any atom is 0.305 e. The van der Waals surface area contributed by atoms with Gasteiger partial charge in [0.2, 0.25) is 5.91 Å². The Morgan fingerprint density at radius 1 is 0.507 bits per heavy atom. The van der Waals surface area contributed by atoms with E-state index in [9.17, 15) is 35.1 Å². The Morgan fingerprint density at radius 2 is 0.932 bits per heavy atom. The van der Waals surface area contributed by atoms with E-state index < -0.39 is 49.5 Å². The third-order valence-corrected chi connectivity index (χ3v) is 14.2. The Bertz CT molecular complexity index is 1350. The molecule has 1 amide bonds. The number of unbranched alkanes of at least 4 members (excludes halogenated alkanes) is 32. The van der Waals surface area contributed by atoms with Crippen LogP contribution in [-0.4, -0.2) is 100 Å². The van der Waals surface area contributed by atoms with Gasteiger partial charge in [-0.15, -0.1) is 0 Å². The SMILES string of the molecule is CCCCCCCCC/C=C/CC/C=C/C(O)C(COC1OC(CO)C(O)C(O)C1O)NC(=O)CCCCCCCCCCCCCCCC/C=C\C/C=C\CCOC(=O)CCCCCCCCCCCCC. The van der Waals surface area contributed by atoms with Crippen LogP contribution in [0, 0.1) is 0 Å². The maximum absolute atomic E-state index is 13.0. The zero-order valence-electron chi connectivity index (χ0n) is 46.8. The van der Waals surface area contributed by atoms with E-state index in [-0.39, 0.29) is 18.5 Å². The van der Waals surface area contributed by atoms with Gasteiger partial charge in [-0.25, -0.2) is 0 Å². The van der Waals surface area contributed by atoms with Gasteiger partial charge in [0.15, 0.2) is 6.29 Å². The minimum absolute atomic E-state index is 0.0496. The number of carbonyl (C=O) groups is 2. The second kappa shape index (κ2) is 51.7. The van der Waals surface area contributed by atoms with Crippen LogP contribution in [0.1, 0.15) is 271 Å². The molecule has 0 aromatic rings. The summed E-state index contributed by atoms with van der Waals surface area (Å²) in [7, 11) is 0. The van der Waals surface area contributed by atoms with Crippen molar-refractivity contribution in [3.63, 3.8) is 0 Å². The zero-order chi connectivity index (χ0) is 53.1. The van der Waals surface area contributed by atoms with Gasteiger partial charge >= 0.3 is 5.97 Å². The molecule has 73 heavy (non-hydrogen) atoms. The Kier molecular flexibility index (Phi) is 48.6. The highest BCUT2D eigenvalue weighted by molar-refractivity contribution is 5.76. The molecule has 0 spiro atoms. The van der Waals surface area contributed by atoms with Crippen LogP contribution >= 0.6 is 0 Å². The Balaban J connectivity index is 2.11. The van der Waals surface area contributed by atoms with E-state index in [1.165, 1.54) is 167 Å². The van der Waals surface area contributed by atoms with Crippen molar-refractivity contribution >= 4 is 11.9 Å². The van der Waals surface area contributed by atoms with Gasteiger partial charge in [0.05, 0.1) is 32.0 Å². The molecule has 1 saturated heterocycles. The van der Waals surface area contributed by atoms with Crippen molar-refractivity contribution in [2.45, 2.75) is 314 Å². The minimum atomic E-state index is -1.58. The van der Waals surface area contributed by atoms with Crippen molar-refractivity contribution < 1.29 is 49.3 Å². The lowest BCUT2D eigenvalue weighted by Crippen LogP contribution is -2.60. The summed E-state index contributed by atoms with van der Waals surface area (Å²) < 4.78 is 16.6. The summed E-state index contributed by atoms with van der Waals surface area (Å²) in [5.74, 6) is -0.247. The fraction of sp³-hybridized carbons (Fsp3) is 0.839. The summed E-state index contributed by atoms with van der Waals surface area (Å²) in [4.78, 5) is 25.0. The molecule has 11 nitrogen and oxygen atoms in total. The van der Waals surface area contributed by atoms with Crippen LogP contribution in [0.2, 0.25) is 0 Å². The van der Waals surface area contributed by atoms with Crippen molar-refractivity contribution in [3.05, 3.63) is 48.6 Å².